The van der Waals surface area contributed by atoms with Crippen LogP contribution in [0.3, 0.4) is 0 Å². The fourth-order valence-electron chi connectivity index (χ4n) is 3.92. The van der Waals surface area contributed by atoms with E-state index in [-0.39, 0.29) is 31.5 Å². The predicted octanol–water partition coefficient (Wildman–Crippen LogP) is 2.83. The predicted molar refractivity (Wildman–Crippen MR) is 136 cm³/mol. The van der Waals surface area contributed by atoms with Gasteiger partial charge in [0.25, 0.3) is 0 Å². The number of amides is 2. The number of carbonyl (C=O) groups excluding carboxylic acids is 2. The lowest BCUT2D eigenvalue weighted by atomic mass is 10.0. The highest BCUT2D eigenvalue weighted by Gasteiger charge is 2.34. The summed E-state index contributed by atoms with van der Waals surface area (Å²) in [5.74, 6) is 0.848. The van der Waals surface area contributed by atoms with Gasteiger partial charge in [-0.25, -0.2) is 4.68 Å². The average molecular weight is 498 g/mol. The average Bonchev–Trinajstić information content (AvgIpc) is 3.28. The van der Waals surface area contributed by atoms with Gasteiger partial charge in [-0.3, -0.25) is 9.59 Å². The molecule has 3 rings (SSSR count). The van der Waals surface area contributed by atoms with E-state index in [0.29, 0.717) is 35.0 Å². The smallest absolute Gasteiger partial charge is 0.247 e. The standard InChI is InChI=1S/C26H35N5O5/c1-18(2)12-13-27-26(33)25(20-11-10-19(35-4)16-23(20)36-5)30(14-15-34-3)24(32)17-31-22-9-7-6-8-21(22)28-29-31/h6-11,16,18,25H,12-15,17H2,1-5H3,(H,27,33). The van der Waals surface area contributed by atoms with E-state index in [9.17, 15) is 9.59 Å². The number of hydrogen-bond donors (Lipinski definition) is 1. The molecule has 0 radical (unpaired) electrons. The number of methoxy groups -OCH3 is 3. The van der Waals surface area contributed by atoms with Crippen molar-refractivity contribution in [2.24, 2.45) is 5.92 Å². The van der Waals surface area contributed by atoms with Crippen LogP contribution in [0.5, 0.6) is 11.5 Å². The zero-order chi connectivity index (χ0) is 26.1. The number of para-hydroxylation sites is 1. The lowest BCUT2D eigenvalue weighted by Crippen LogP contribution is -2.46. The van der Waals surface area contributed by atoms with E-state index in [1.165, 1.54) is 16.7 Å². The molecule has 0 bridgehead atoms. The van der Waals surface area contributed by atoms with E-state index in [1.807, 2.05) is 24.3 Å². The topological polar surface area (TPSA) is 108 Å². The maximum Gasteiger partial charge on any atom is 0.247 e. The maximum absolute atomic E-state index is 13.7. The molecule has 0 fully saturated rings. The van der Waals surface area contributed by atoms with Gasteiger partial charge in [0.2, 0.25) is 11.8 Å². The van der Waals surface area contributed by atoms with Crippen molar-refractivity contribution in [3.63, 3.8) is 0 Å². The third-order valence-corrected chi connectivity index (χ3v) is 5.88. The highest BCUT2D eigenvalue weighted by molar-refractivity contribution is 5.90. The highest BCUT2D eigenvalue weighted by Crippen LogP contribution is 2.33. The van der Waals surface area contributed by atoms with Gasteiger partial charge in [-0.2, -0.15) is 0 Å². The number of aromatic nitrogens is 3. The van der Waals surface area contributed by atoms with E-state index >= 15 is 0 Å². The minimum absolute atomic E-state index is 0.0848. The summed E-state index contributed by atoms with van der Waals surface area (Å²) in [6.45, 7) is 5.03. The first-order chi connectivity index (χ1) is 17.4. The van der Waals surface area contributed by atoms with Gasteiger partial charge in [-0.05, 0) is 36.6 Å². The molecule has 36 heavy (non-hydrogen) atoms. The second-order valence-electron chi connectivity index (χ2n) is 8.80. The van der Waals surface area contributed by atoms with Gasteiger partial charge < -0.3 is 24.4 Å². The molecule has 0 saturated heterocycles. The molecule has 2 amide bonds. The zero-order valence-electron chi connectivity index (χ0n) is 21.6. The third kappa shape index (κ3) is 6.51. The lowest BCUT2D eigenvalue weighted by molar-refractivity contribution is -0.142. The molecule has 194 valence electrons. The molecule has 1 N–H and O–H groups in total. The molecule has 0 aliphatic rings. The fourth-order valence-corrected chi connectivity index (χ4v) is 3.92. The van der Waals surface area contributed by atoms with Crippen LogP contribution in [-0.4, -0.2) is 72.7 Å². The Hall–Kier alpha value is -3.66. The van der Waals surface area contributed by atoms with Crippen molar-refractivity contribution in [1.82, 2.24) is 25.2 Å². The molecule has 10 heteroatoms. The Labute approximate surface area is 211 Å². The third-order valence-electron chi connectivity index (χ3n) is 5.88. The fraction of sp³-hybridized carbons (Fsp3) is 0.462. The first kappa shape index (κ1) is 26.9. The SMILES string of the molecule is COCCN(C(=O)Cn1nnc2ccccc21)C(C(=O)NCCC(C)C)c1ccc(OC)cc1OC. The molecular formula is C26H35N5O5. The van der Waals surface area contributed by atoms with Crippen molar-refractivity contribution in [2.45, 2.75) is 32.9 Å². The Morgan fingerprint density at radius 1 is 1.08 bits per heavy atom. The molecule has 1 atom stereocenters. The summed E-state index contributed by atoms with van der Waals surface area (Å²) in [6, 6.07) is 11.7. The molecule has 1 aromatic heterocycles. The summed E-state index contributed by atoms with van der Waals surface area (Å²) in [4.78, 5) is 28.8. The molecule has 1 unspecified atom stereocenters. The normalized spacial score (nSPS) is 11.9. The Morgan fingerprint density at radius 3 is 2.56 bits per heavy atom. The van der Waals surface area contributed by atoms with Crippen LogP contribution in [-0.2, 0) is 20.9 Å². The highest BCUT2D eigenvalue weighted by atomic mass is 16.5. The van der Waals surface area contributed by atoms with Crippen molar-refractivity contribution in [2.75, 3.05) is 41.0 Å². The summed E-state index contributed by atoms with van der Waals surface area (Å²) in [5, 5.41) is 11.3. The summed E-state index contributed by atoms with van der Waals surface area (Å²) in [6.07, 6.45) is 0.815. The summed E-state index contributed by atoms with van der Waals surface area (Å²) >= 11 is 0. The van der Waals surface area contributed by atoms with Crippen LogP contribution in [0.25, 0.3) is 11.0 Å². The monoisotopic (exact) mass is 497 g/mol. The second-order valence-corrected chi connectivity index (χ2v) is 8.80. The number of carbonyl (C=O) groups is 2. The number of nitrogens with one attached hydrogen (secondary N) is 1. The van der Waals surface area contributed by atoms with Gasteiger partial charge in [0.1, 0.15) is 29.6 Å². The van der Waals surface area contributed by atoms with Crippen molar-refractivity contribution in [1.29, 1.82) is 0 Å². The van der Waals surface area contributed by atoms with Crippen LogP contribution in [0.1, 0.15) is 31.9 Å². The van der Waals surface area contributed by atoms with Crippen LogP contribution < -0.4 is 14.8 Å². The van der Waals surface area contributed by atoms with Crippen LogP contribution in [0.15, 0.2) is 42.5 Å². The van der Waals surface area contributed by atoms with Crippen molar-refractivity contribution in [3.8, 4) is 11.5 Å². The van der Waals surface area contributed by atoms with Crippen molar-refractivity contribution in [3.05, 3.63) is 48.0 Å². The lowest BCUT2D eigenvalue weighted by Gasteiger charge is -2.32. The largest absolute Gasteiger partial charge is 0.497 e. The number of ether oxygens (including phenoxy) is 3. The minimum Gasteiger partial charge on any atom is -0.497 e. The number of nitrogens with zero attached hydrogens (tertiary/aromatic N) is 4. The molecule has 0 aliphatic heterocycles. The molecule has 3 aromatic rings. The Bertz CT molecular complexity index is 1160. The van der Waals surface area contributed by atoms with Gasteiger partial charge in [0, 0.05) is 31.8 Å². The van der Waals surface area contributed by atoms with Gasteiger partial charge in [-0.1, -0.05) is 31.2 Å². The molecule has 0 spiro atoms. The molecular weight excluding hydrogens is 462 g/mol. The first-order valence-corrected chi connectivity index (χ1v) is 12.0. The van der Waals surface area contributed by atoms with E-state index in [0.717, 1.165) is 11.9 Å². The zero-order valence-corrected chi connectivity index (χ0v) is 21.6. The van der Waals surface area contributed by atoms with E-state index in [2.05, 4.69) is 29.5 Å². The van der Waals surface area contributed by atoms with Crippen LogP contribution in [0.2, 0.25) is 0 Å². The Balaban J connectivity index is 2.00. The Kier molecular flexibility index (Phi) is 9.63. The number of fused-ring (bicyclic) bond motifs is 1. The van der Waals surface area contributed by atoms with Crippen molar-refractivity contribution < 1.29 is 23.8 Å². The molecule has 0 saturated carbocycles. The van der Waals surface area contributed by atoms with Gasteiger partial charge in [0.05, 0.1) is 26.3 Å². The molecule has 1 heterocycles. The summed E-state index contributed by atoms with van der Waals surface area (Å²) in [5.41, 5.74) is 1.97. The van der Waals surface area contributed by atoms with E-state index in [4.69, 9.17) is 14.2 Å². The van der Waals surface area contributed by atoms with E-state index in [1.54, 1.807) is 32.4 Å². The Morgan fingerprint density at radius 2 is 1.86 bits per heavy atom. The molecule has 2 aromatic carbocycles. The van der Waals surface area contributed by atoms with Crippen molar-refractivity contribution >= 4 is 22.8 Å². The van der Waals surface area contributed by atoms with Gasteiger partial charge >= 0.3 is 0 Å². The second kappa shape index (κ2) is 12.9. The van der Waals surface area contributed by atoms with Gasteiger partial charge in [0.15, 0.2) is 0 Å². The number of benzene rings is 2. The minimum atomic E-state index is -0.949. The van der Waals surface area contributed by atoms with Gasteiger partial charge in [-0.15, -0.1) is 5.10 Å². The van der Waals surface area contributed by atoms with E-state index < -0.39 is 6.04 Å². The quantitative estimate of drug-likeness (QED) is 0.387. The number of hydrogen-bond acceptors (Lipinski definition) is 7. The summed E-state index contributed by atoms with van der Waals surface area (Å²) < 4.78 is 17.8. The molecule has 10 nitrogen and oxygen atoms in total. The van der Waals surface area contributed by atoms with Crippen LogP contribution >= 0.6 is 0 Å². The number of rotatable bonds is 13. The maximum atomic E-state index is 13.7. The first-order valence-electron chi connectivity index (χ1n) is 12.0. The summed E-state index contributed by atoms with van der Waals surface area (Å²) in [7, 11) is 4.63. The van der Waals surface area contributed by atoms with Crippen LogP contribution in [0.4, 0.5) is 0 Å². The van der Waals surface area contributed by atoms with Crippen LogP contribution in [0, 0.1) is 5.92 Å². The molecule has 0 aliphatic carbocycles.